The molecule has 0 saturated carbocycles. The van der Waals surface area contributed by atoms with E-state index in [0.717, 1.165) is 22.1 Å². The Hall–Kier alpha value is -0.890. The molecule has 1 aromatic carbocycles. The van der Waals surface area contributed by atoms with Crippen LogP contribution in [0.4, 0.5) is 0 Å². The maximum absolute atomic E-state index is 4.56. The van der Waals surface area contributed by atoms with E-state index < -0.39 is 0 Å². The largest absolute Gasteiger partial charge is 0.253 e. The monoisotopic (exact) mass is 263 g/mol. The second-order valence-corrected chi connectivity index (χ2v) is 4.75. The number of rotatable bonds is 1. The number of pyridine rings is 1. The summed E-state index contributed by atoms with van der Waals surface area (Å²) < 4.78 is 1.13. The van der Waals surface area contributed by atoms with Crippen molar-refractivity contribution < 1.29 is 0 Å². The number of nitrogens with zero attached hydrogens (tertiary/aromatic N) is 1. The van der Waals surface area contributed by atoms with Crippen LogP contribution >= 0.6 is 15.9 Å². The molecule has 0 spiro atoms. The summed E-state index contributed by atoms with van der Waals surface area (Å²) in [6.07, 6.45) is 1.06. The second-order valence-electron chi connectivity index (χ2n) is 3.89. The number of aromatic nitrogens is 1. The van der Waals surface area contributed by atoms with Gasteiger partial charge < -0.3 is 0 Å². The van der Waals surface area contributed by atoms with E-state index in [0.29, 0.717) is 0 Å². The van der Waals surface area contributed by atoms with Crippen molar-refractivity contribution in [1.29, 1.82) is 0 Å². The molecule has 1 aromatic heterocycles. The first-order valence-corrected chi connectivity index (χ1v) is 5.97. The van der Waals surface area contributed by atoms with Crippen molar-refractivity contribution in [1.82, 2.24) is 4.98 Å². The molecule has 0 aliphatic heterocycles. The number of benzene rings is 1. The van der Waals surface area contributed by atoms with Crippen LogP contribution in [0.5, 0.6) is 0 Å². The molecular weight excluding hydrogens is 250 g/mol. The normalized spacial score (nSPS) is 10.9. The Morgan fingerprint density at radius 1 is 1.20 bits per heavy atom. The van der Waals surface area contributed by atoms with Crippen molar-refractivity contribution in [2.75, 3.05) is 0 Å². The molecule has 2 aromatic rings. The van der Waals surface area contributed by atoms with E-state index in [1.807, 2.05) is 6.92 Å². The van der Waals surface area contributed by atoms with E-state index in [1.165, 1.54) is 16.5 Å². The van der Waals surface area contributed by atoms with E-state index >= 15 is 0 Å². The molecule has 15 heavy (non-hydrogen) atoms. The number of aryl methyl sites for hydroxylation is 3. The third-order valence-electron chi connectivity index (χ3n) is 2.68. The minimum absolute atomic E-state index is 1.06. The summed E-state index contributed by atoms with van der Waals surface area (Å²) in [5, 5.41) is 1.28. The summed E-state index contributed by atoms with van der Waals surface area (Å²) in [6, 6.07) is 6.50. The van der Waals surface area contributed by atoms with Crippen LogP contribution < -0.4 is 0 Å². The molecule has 0 saturated heterocycles. The van der Waals surface area contributed by atoms with Gasteiger partial charge in [0, 0.05) is 15.6 Å². The van der Waals surface area contributed by atoms with Crippen molar-refractivity contribution >= 4 is 26.8 Å². The lowest BCUT2D eigenvalue weighted by molar-refractivity contribution is 1.12. The van der Waals surface area contributed by atoms with Crippen LogP contribution in [-0.2, 0) is 6.42 Å². The molecule has 0 bridgehead atoms. The number of hydrogen-bond donors (Lipinski definition) is 0. The van der Waals surface area contributed by atoms with Gasteiger partial charge in [-0.3, -0.25) is 4.98 Å². The lowest BCUT2D eigenvalue weighted by Crippen LogP contribution is -1.91. The quantitative estimate of drug-likeness (QED) is 0.753. The lowest BCUT2D eigenvalue weighted by atomic mass is 10.0. The summed E-state index contributed by atoms with van der Waals surface area (Å²) >= 11 is 3.55. The van der Waals surface area contributed by atoms with E-state index in [9.17, 15) is 0 Å². The van der Waals surface area contributed by atoms with E-state index in [4.69, 9.17) is 0 Å². The number of halogens is 1. The first kappa shape index (κ1) is 10.6. The molecule has 0 atom stereocenters. The van der Waals surface area contributed by atoms with Crippen molar-refractivity contribution in [3.05, 3.63) is 39.5 Å². The minimum atomic E-state index is 1.06. The Labute approximate surface area is 98.7 Å². The zero-order valence-corrected chi connectivity index (χ0v) is 10.9. The van der Waals surface area contributed by atoms with Gasteiger partial charge >= 0.3 is 0 Å². The molecule has 0 unspecified atom stereocenters. The first-order chi connectivity index (χ1) is 7.11. The molecule has 78 valence electrons. The van der Waals surface area contributed by atoms with Gasteiger partial charge in [-0.05, 0) is 49.6 Å². The van der Waals surface area contributed by atoms with Crippen LogP contribution in [0.3, 0.4) is 0 Å². The topological polar surface area (TPSA) is 12.9 Å². The fourth-order valence-electron chi connectivity index (χ4n) is 1.87. The van der Waals surface area contributed by atoms with Crippen molar-refractivity contribution in [3.63, 3.8) is 0 Å². The average Bonchev–Trinajstić information content (AvgIpc) is 2.19. The number of fused-ring (bicyclic) bond motifs is 1. The summed E-state index contributed by atoms with van der Waals surface area (Å²) in [6.45, 7) is 6.35. The molecule has 0 aliphatic rings. The zero-order chi connectivity index (χ0) is 11.0. The molecule has 0 aliphatic carbocycles. The van der Waals surface area contributed by atoms with Gasteiger partial charge in [0.1, 0.15) is 0 Å². The average molecular weight is 264 g/mol. The van der Waals surface area contributed by atoms with E-state index in [-0.39, 0.29) is 0 Å². The molecular formula is C13H14BrN. The van der Waals surface area contributed by atoms with Gasteiger partial charge in [0.05, 0.1) is 5.52 Å². The van der Waals surface area contributed by atoms with Crippen LogP contribution in [0.2, 0.25) is 0 Å². The summed E-state index contributed by atoms with van der Waals surface area (Å²) in [4.78, 5) is 4.56. The molecule has 0 radical (unpaired) electrons. The third-order valence-corrected chi connectivity index (χ3v) is 3.54. The van der Waals surface area contributed by atoms with Crippen molar-refractivity contribution in [2.45, 2.75) is 27.2 Å². The predicted octanol–water partition coefficient (Wildman–Crippen LogP) is 4.18. The second kappa shape index (κ2) is 3.93. The van der Waals surface area contributed by atoms with Gasteiger partial charge in [-0.15, -0.1) is 0 Å². The Kier molecular flexibility index (Phi) is 2.79. The molecule has 0 fully saturated rings. The zero-order valence-electron chi connectivity index (χ0n) is 9.26. The molecule has 0 amide bonds. The third kappa shape index (κ3) is 1.91. The van der Waals surface area contributed by atoms with Gasteiger partial charge in [-0.1, -0.05) is 22.9 Å². The van der Waals surface area contributed by atoms with E-state index in [2.05, 4.69) is 53.0 Å². The lowest BCUT2D eigenvalue weighted by Gasteiger charge is -2.08. The van der Waals surface area contributed by atoms with Gasteiger partial charge in [0.2, 0.25) is 0 Å². The molecule has 1 nitrogen and oxygen atoms in total. The maximum atomic E-state index is 4.56. The van der Waals surface area contributed by atoms with Gasteiger partial charge in [0.25, 0.3) is 0 Å². The Bertz CT molecular complexity index is 517. The van der Waals surface area contributed by atoms with Crippen molar-refractivity contribution in [2.24, 2.45) is 0 Å². The van der Waals surface area contributed by atoms with Crippen LogP contribution in [0.25, 0.3) is 10.9 Å². The molecule has 0 N–H and O–H groups in total. The maximum Gasteiger partial charge on any atom is 0.0719 e. The fourth-order valence-corrected chi connectivity index (χ4v) is 2.20. The van der Waals surface area contributed by atoms with Crippen LogP contribution in [0.15, 0.2) is 22.7 Å². The predicted molar refractivity (Wildman–Crippen MR) is 68.3 cm³/mol. The standard InChI is InChI=1S/C13H14BrN/c1-4-10-6-9(3)15-13-7-12(14)8(2)5-11(10)13/h5-7H,4H2,1-3H3. The highest BCUT2D eigenvalue weighted by molar-refractivity contribution is 9.10. The Morgan fingerprint density at radius 3 is 2.60 bits per heavy atom. The van der Waals surface area contributed by atoms with Gasteiger partial charge in [0.15, 0.2) is 0 Å². The highest BCUT2D eigenvalue weighted by atomic mass is 79.9. The summed E-state index contributed by atoms with van der Waals surface area (Å²) in [5.74, 6) is 0. The summed E-state index contributed by atoms with van der Waals surface area (Å²) in [5.41, 5.74) is 4.83. The highest BCUT2D eigenvalue weighted by Gasteiger charge is 2.05. The minimum Gasteiger partial charge on any atom is -0.253 e. The van der Waals surface area contributed by atoms with Crippen LogP contribution in [0.1, 0.15) is 23.7 Å². The Balaban J connectivity index is 2.84. The SMILES string of the molecule is CCc1cc(C)nc2cc(Br)c(C)cc12. The van der Waals surface area contributed by atoms with Crippen LogP contribution in [0, 0.1) is 13.8 Å². The van der Waals surface area contributed by atoms with Crippen LogP contribution in [-0.4, -0.2) is 4.98 Å². The van der Waals surface area contributed by atoms with Gasteiger partial charge in [-0.2, -0.15) is 0 Å². The first-order valence-electron chi connectivity index (χ1n) is 5.18. The molecule has 2 rings (SSSR count). The molecule has 1 heterocycles. The van der Waals surface area contributed by atoms with E-state index in [1.54, 1.807) is 0 Å². The van der Waals surface area contributed by atoms with Gasteiger partial charge in [-0.25, -0.2) is 0 Å². The highest BCUT2D eigenvalue weighted by Crippen LogP contribution is 2.25. The molecule has 2 heteroatoms. The van der Waals surface area contributed by atoms with Crippen molar-refractivity contribution in [3.8, 4) is 0 Å². The summed E-state index contributed by atoms with van der Waals surface area (Å²) in [7, 11) is 0. The number of hydrogen-bond acceptors (Lipinski definition) is 1. The fraction of sp³-hybridized carbons (Fsp3) is 0.308. The Morgan fingerprint density at radius 2 is 1.93 bits per heavy atom. The smallest absolute Gasteiger partial charge is 0.0719 e.